The van der Waals surface area contributed by atoms with Crippen molar-refractivity contribution < 1.29 is 14.3 Å². The van der Waals surface area contributed by atoms with E-state index < -0.39 is 0 Å². The zero-order valence-electron chi connectivity index (χ0n) is 13.9. The number of benzene rings is 1. The number of carbonyl (C=O) groups is 1. The molecule has 0 spiro atoms. The maximum absolute atomic E-state index is 12.4. The Morgan fingerprint density at radius 3 is 2.54 bits per heavy atom. The van der Waals surface area contributed by atoms with E-state index in [4.69, 9.17) is 9.47 Å². The molecule has 24 heavy (non-hydrogen) atoms. The van der Waals surface area contributed by atoms with Crippen molar-refractivity contribution in [3.63, 3.8) is 0 Å². The Kier molecular flexibility index (Phi) is 5.31. The number of rotatable bonds is 5. The summed E-state index contributed by atoms with van der Waals surface area (Å²) in [7, 11) is 1.64. The van der Waals surface area contributed by atoms with E-state index in [1.807, 2.05) is 41.3 Å². The van der Waals surface area contributed by atoms with Crippen LogP contribution in [0.2, 0.25) is 0 Å². The zero-order chi connectivity index (χ0) is 16.8. The van der Waals surface area contributed by atoms with Crippen LogP contribution in [0.15, 0.2) is 48.8 Å². The van der Waals surface area contributed by atoms with Crippen molar-refractivity contribution in [2.45, 2.75) is 25.4 Å². The molecular formula is C19H22N2O3. The van der Waals surface area contributed by atoms with Gasteiger partial charge in [0.2, 0.25) is 5.91 Å². The minimum Gasteiger partial charge on any atom is -0.497 e. The summed E-state index contributed by atoms with van der Waals surface area (Å²) in [5.74, 6) is 1.76. The highest BCUT2D eigenvalue weighted by atomic mass is 16.5. The predicted octanol–water partition coefficient (Wildman–Crippen LogP) is 2.70. The summed E-state index contributed by atoms with van der Waals surface area (Å²) >= 11 is 0. The molecule has 0 saturated carbocycles. The Labute approximate surface area is 142 Å². The van der Waals surface area contributed by atoms with Gasteiger partial charge in [-0.1, -0.05) is 12.1 Å². The van der Waals surface area contributed by atoms with Crippen LogP contribution in [-0.4, -0.2) is 42.1 Å². The summed E-state index contributed by atoms with van der Waals surface area (Å²) in [5, 5.41) is 0. The summed E-state index contributed by atoms with van der Waals surface area (Å²) in [5.41, 5.74) is 1.01. The number of nitrogens with zero attached hydrogens (tertiary/aromatic N) is 2. The molecule has 3 rings (SSSR count). The van der Waals surface area contributed by atoms with Crippen LogP contribution in [0.3, 0.4) is 0 Å². The number of methoxy groups -OCH3 is 1. The van der Waals surface area contributed by atoms with E-state index in [2.05, 4.69) is 4.98 Å². The number of aromatic nitrogens is 1. The van der Waals surface area contributed by atoms with E-state index in [-0.39, 0.29) is 12.0 Å². The molecule has 1 aromatic heterocycles. The molecule has 1 fully saturated rings. The van der Waals surface area contributed by atoms with Gasteiger partial charge in [0.05, 0.1) is 19.7 Å². The van der Waals surface area contributed by atoms with Crippen molar-refractivity contribution in [1.82, 2.24) is 9.88 Å². The van der Waals surface area contributed by atoms with Crippen LogP contribution in [0.25, 0.3) is 0 Å². The van der Waals surface area contributed by atoms with Crippen LogP contribution < -0.4 is 9.47 Å². The summed E-state index contributed by atoms with van der Waals surface area (Å²) in [6, 6.07) is 11.4. The standard InChI is InChI=1S/C19H22N2O3/c1-23-16-6-4-15(5-7-16)13-19(22)21-11-8-17(9-12-21)24-18-3-2-10-20-14-18/h2-7,10,14,17H,8-9,11-13H2,1H3. The van der Waals surface area contributed by atoms with Crippen molar-refractivity contribution in [1.29, 1.82) is 0 Å². The Bertz CT molecular complexity index is 650. The van der Waals surface area contributed by atoms with Gasteiger partial charge in [0.15, 0.2) is 0 Å². The van der Waals surface area contributed by atoms with Crippen molar-refractivity contribution in [2.75, 3.05) is 20.2 Å². The fourth-order valence-corrected chi connectivity index (χ4v) is 2.86. The van der Waals surface area contributed by atoms with Crippen molar-refractivity contribution in [2.24, 2.45) is 0 Å². The van der Waals surface area contributed by atoms with Gasteiger partial charge in [0.25, 0.3) is 0 Å². The molecule has 0 radical (unpaired) electrons. The number of ether oxygens (including phenoxy) is 2. The van der Waals surface area contributed by atoms with Crippen LogP contribution in [-0.2, 0) is 11.2 Å². The van der Waals surface area contributed by atoms with E-state index in [0.717, 1.165) is 43.0 Å². The fourth-order valence-electron chi connectivity index (χ4n) is 2.86. The third-order valence-electron chi connectivity index (χ3n) is 4.25. The largest absolute Gasteiger partial charge is 0.497 e. The highest BCUT2D eigenvalue weighted by molar-refractivity contribution is 5.78. The second kappa shape index (κ2) is 7.81. The number of hydrogen-bond acceptors (Lipinski definition) is 4. The van der Waals surface area contributed by atoms with Crippen LogP contribution >= 0.6 is 0 Å². The van der Waals surface area contributed by atoms with Crippen molar-refractivity contribution in [3.05, 3.63) is 54.4 Å². The van der Waals surface area contributed by atoms with Crippen LogP contribution in [0.4, 0.5) is 0 Å². The summed E-state index contributed by atoms with van der Waals surface area (Å²) < 4.78 is 11.1. The Morgan fingerprint density at radius 1 is 1.17 bits per heavy atom. The smallest absolute Gasteiger partial charge is 0.226 e. The third-order valence-corrected chi connectivity index (χ3v) is 4.25. The normalized spacial score (nSPS) is 15.1. The molecule has 2 heterocycles. The molecule has 126 valence electrons. The van der Waals surface area contributed by atoms with Gasteiger partial charge in [-0.3, -0.25) is 9.78 Å². The molecule has 5 heteroatoms. The summed E-state index contributed by atoms with van der Waals surface area (Å²) in [6.07, 6.45) is 5.73. The first-order valence-electron chi connectivity index (χ1n) is 8.22. The molecule has 0 bridgehead atoms. The lowest BCUT2D eigenvalue weighted by Crippen LogP contribution is -2.42. The quantitative estimate of drug-likeness (QED) is 0.848. The van der Waals surface area contributed by atoms with Gasteiger partial charge < -0.3 is 14.4 Å². The van der Waals surface area contributed by atoms with Crippen LogP contribution in [0, 0.1) is 0 Å². The number of amides is 1. The highest BCUT2D eigenvalue weighted by Gasteiger charge is 2.23. The molecule has 1 saturated heterocycles. The van der Waals surface area contributed by atoms with E-state index in [1.165, 1.54) is 0 Å². The Balaban J connectivity index is 1.47. The topological polar surface area (TPSA) is 51.7 Å². The molecule has 0 N–H and O–H groups in total. The maximum atomic E-state index is 12.4. The lowest BCUT2D eigenvalue weighted by atomic mass is 10.1. The zero-order valence-corrected chi connectivity index (χ0v) is 13.9. The van der Waals surface area contributed by atoms with Gasteiger partial charge in [-0.2, -0.15) is 0 Å². The lowest BCUT2D eigenvalue weighted by Gasteiger charge is -2.32. The molecule has 1 aliphatic heterocycles. The van der Waals surface area contributed by atoms with Crippen LogP contribution in [0.1, 0.15) is 18.4 Å². The molecular weight excluding hydrogens is 304 g/mol. The summed E-state index contributed by atoms with van der Waals surface area (Å²) in [6.45, 7) is 1.47. The van der Waals surface area contributed by atoms with Crippen LogP contribution in [0.5, 0.6) is 11.5 Å². The van der Waals surface area contributed by atoms with Gasteiger partial charge >= 0.3 is 0 Å². The molecule has 1 amide bonds. The van der Waals surface area contributed by atoms with E-state index >= 15 is 0 Å². The number of piperidine rings is 1. The fraction of sp³-hybridized carbons (Fsp3) is 0.368. The van der Waals surface area contributed by atoms with Crippen molar-refractivity contribution in [3.8, 4) is 11.5 Å². The van der Waals surface area contributed by atoms with Gasteiger partial charge in [-0.15, -0.1) is 0 Å². The molecule has 0 unspecified atom stereocenters. The molecule has 0 atom stereocenters. The average Bonchev–Trinajstić information content (AvgIpc) is 2.64. The highest BCUT2D eigenvalue weighted by Crippen LogP contribution is 2.19. The molecule has 0 aliphatic carbocycles. The lowest BCUT2D eigenvalue weighted by molar-refractivity contribution is -0.132. The first-order valence-corrected chi connectivity index (χ1v) is 8.22. The van der Waals surface area contributed by atoms with E-state index in [9.17, 15) is 4.79 Å². The average molecular weight is 326 g/mol. The van der Waals surface area contributed by atoms with Gasteiger partial charge in [-0.25, -0.2) is 0 Å². The maximum Gasteiger partial charge on any atom is 0.226 e. The molecule has 1 aliphatic rings. The number of likely N-dealkylation sites (tertiary alicyclic amines) is 1. The first kappa shape index (κ1) is 16.3. The minimum absolute atomic E-state index is 0.152. The van der Waals surface area contributed by atoms with Gasteiger partial charge in [-0.05, 0) is 29.8 Å². The van der Waals surface area contributed by atoms with Crippen molar-refractivity contribution >= 4 is 5.91 Å². The Hall–Kier alpha value is -2.56. The van der Waals surface area contributed by atoms with E-state index in [1.54, 1.807) is 19.5 Å². The minimum atomic E-state index is 0.152. The van der Waals surface area contributed by atoms with Gasteiger partial charge in [0, 0.05) is 32.1 Å². The number of pyridine rings is 1. The van der Waals surface area contributed by atoms with Gasteiger partial charge in [0.1, 0.15) is 17.6 Å². The van der Waals surface area contributed by atoms with E-state index in [0.29, 0.717) is 6.42 Å². The Morgan fingerprint density at radius 2 is 1.92 bits per heavy atom. The molecule has 1 aromatic carbocycles. The molecule has 2 aromatic rings. The first-order chi connectivity index (χ1) is 11.7. The predicted molar refractivity (Wildman–Crippen MR) is 91.2 cm³/mol. The monoisotopic (exact) mass is 326 g/mol. The molecule has 5 nitrogen and oxygen atoms in total. The second-order valence-electron chi connectivity index (χ2n) is 5.91. The SMILES string of the molecule is COc1ccc(CC(=O)N2CCC(Oc3cccnc3)CC2)cc1. The number of carbonyl (C=O) groups excluding carboxylic acids is 1. The number of hydrogen-bond donors (Lipinski definition) is 0. The summed E-state index contributed by atoms with van der Waals surface area (Å²) in [4.78, 5) is 18.4. The third kappa shape index (κ3) is 4.25. The second-order valence-corrected chi connectivity index (χ2v) is 5.91.